The third-order valence-corrected chi connectivity index (χ3v) is 3.65. The third-order valence-electron chi connectivity index (χ3n) is 3.65. The summed E-state index contributed by atoms with van der Waals surface area (Å²) in [6.07, 6.45) is 0. The van der Waals surface area contributed by atoms with Crippen LogP contribution in [0.1, 0.15) is 30.0 Å². The van der Waals surface area contributed by atoms with Gasteiger partial charge in [-0.25, -0.2) is 0 Å². The van der Waals surface area contributed by atoms with Gasteiger partial charge in [0.15, 0.2) is 0 Å². The van der Waals surface area contributed by atoms with E-state index in [0.717, 1.165) is 17.1 Å². The number of fused-ring (bicyclic) bond motifs is 1. The first kappa shape index (κ1) is 13.0. The monoisotopic (exact) mass is 269 g/mol. The van der Waals surface area contributed by atoms with Crippen LogP contribution in [0.25, 0.3) is 0 Å². The van der Waals surface area contributed by atoms with Gasteiger partial charge in [0.05, 0.1) is 19.1 Å². The molecule has 0 fully saturated rings. The van der Waals surface area contributed by atoms with E-state index in [4.69, 9.17) is 15.2 Å². The normalized spacial score (nSPS) is 18.2. The Bertz CT molecular complexity index is 595. The molecule has 0 spiro atoms. The second kappa shape index (κ2) is 5.55. The molecule has 1 aliphatic heterocycles. The van der Waals surface area contributed by atoms with Gasteiger partial charge in [-0.05, 0) is 19.1 Å². The number of rotatable bonds is 4. The maximum absolute atomic E-state index is 5.98. The van der Waals surface area contributed by atoms with E-state index in [1.807, 2.05) is 49.4 Å². The van der Waals surface area contributed by atoms with E-state index in [-0.39, 0.29) is 12.0 Å². The second-order valence-electron chi connectivity index (χ2n) is 5.18. The van der Waals surface area contributed by atoms with Gasteiger partial charge >= 0.3 is 0 Å². The molecule has 2 aromatic carbocycles. The Morgan fingerprint density at radius 1 is 1.20 bits per heavy atom. The van der Waals surface area contributed by atoms with Crippen LogP contribution in [-0.2, 0) is 0 Å². The predicted octanol–water partition coefficient (Wildman–Crippen LogP) is 3.26. The Morgan fingerprint density at radius 3 is 2.80 bits per heavy atom. The van der Waals surface area contributed by atoms with E-state index < -0.39 is 0 Å². The summed E-state index contributed by atoms with van der Waals surface area (Å²) in [5.41, 5.74) is 8.24. The van der Waals surface area contributed by atoms with Crippen LogP contribution in [0.3, 0.4) is 0 Å². The summed E-state index contributed by atoms with van der Waals surface area (Å²) in [6.45, 7) is 3.26. The zero-order chi connectivity index (χ0) is 13.9. The molecule has 2 aromatic rings. The summed E-state index contributed by atoms with van der Waals surface area (Å²) < 4.78 is 11.7. The van der Waals surface area contributed by atoms with E-state index >= 15 is 0 Å². The summed E-state index contributed by atoms with van der Waals surface area (Å²) in [5, 5.41) is 0. The Balaban J connectivity index is 1.72. The van der Waals surface area contributed by atoms with Gasteiger partial charge in [-0.2, -0.15) is 0 Å². The van der Waals surface area contributed by atoms with Gasteiger partial charge in [0, 0.05) is 17.2 Å². The van der Waals surface area contributed by atoms with Crippen molar-refractivity contribution >= 4 is 0 Å². The standard InChI is InChI=1S/C17H19NO2/c1-12(18)14-6-2-4-8-16(14)19-10-13-11-20-17-9-5-3-7-15(13)17/h2-9,12-13H,10-11,18H2,1H3/t12-,13?/m1/s1. The fraction of sp³-hybridized carbons (Fsp3) is 0.294. The van der Waals surface area contributed by atoms with Gasteiger partial charge in [-0.3, -0.25) is 0 Å². The molecule has 2 N–H and O–H groups in total. The highest BCUT2D eigenvalue weighted by molar-refractivity contribution is 5.40. The predicted molar refractivity (Wildman–Crippen MR) is 79.2 cm³/mol. The molecule has 0 bridgehead atoms. The smallest absolute Gasteiger partial charge is 0.124 e. The number of nitrogens with two attached hydrogens (primary N) is 1. The molecule has 20 heavy (non-hydrogen) atoms. The fourth-order valence-electron chi connectivity index (χ4n) is 2.55. The van der Waals surface area contributed by atoms with Crippen LogP contribution < -0.4 is 15.2 Å². The van der Waals surface area contributed by atoms with Crippen molar-refractivity contribution < 1.29 is 9.47 Å². The number of hydrogen-bond donors (Lipinski definition) is 1. The highest BCUT2D eigenvalue weighted by Gasteiger charge is 2.24. The SMILES string of the molecule is C[C@@H](N)c1ccccc1OCC1COc2ccccc21. The average molecular weight is 269 g/mol. The van der Waals surface area contributed by atoms with E-state index in [2.05, 4.69) is 6.07 Å². The maximum Gasteiger partial charge on any atom is 0.124 e. The maximum atomic E-state index is 5.98. The van der Waals surface area contributed by atoms with Gasteiger partial charge in [-0.15, -0.1) is 0 Å². The molecule has 1 unspecified atom stereocenters. The number of ether oxygens (including phenoxy) is 2. The molecule has 0 amide bonds. The van der Waals surface area contributed by atoms with Crippen molar-refractivity contribution in [3.8, 4) is 11.5 Å². The third kappa shape index (κ3) is 2.49. The highest BCUT2D eigenvalue weighted by Crippen LogP contribution is 2.34. The van der Waals surface area contributed by atoms with Crippen LogP contribution in [0.15, 0.2) is 48.5 Å². The molecule has 3 nitrogen and oxygen atoms in total. The van der Waals surface area contributed by atoms with Crippen LogP contribution in [-0.4, -0.2) is 13.2 Å². The fourth-order valence-corrected chi connectivity index (χ4v) is 2.55. The molecule has 3 heteroatoms. The summed E-state index contributed by atoms with van der Waals surface area (Å²) in [7, 11) is 0. The molecule has 0 radical (unpaired) electrons. The summed E-state index contributed by atoms with van der Waals surface area (Å²) in [4.78, 5) is 0. The zero-order valence-electron chi connectivity index (χ0n) is 11.6. The van der Waals surface area contributed by atoms with Crippen LogP contribution >= 0.6 is 0 Å². The molecule has 104 valence electrons. The molecule has 0 aromatic heterocycles. The minimum atomic E-state index is -0.0293. The molecule has 1 heterocycles. The molecular weight excluding hydrogens is 250 g/mol. The average Bonchev–Trinajstić information content (AvgIpc) is 2.88. The molecule has 0 saturated carbocycles. The van der Waals surface area contributed by atoms with E-state index in [1.165, 1.54) is 5.56 Å². The Kier molecular flexibility index (Phi) is 3.61. The summed E-state index contributed by atoms with van der Waals surface area (Å²) in [6, 6.07) is 16.1. The van der Waals surface area contributed by atoms with Crippen molar-refractivity contribution in [2.24, 2.45) is 5.73 Å². The molecule has 0 aliphatic carbocycles. The first-order valence-corrected chi connectivity index (χ1v) is 6.94. The van der Waals surface area contributed by atoms with Crippen LogP contribution in [0.5, 0.6) is 11.5 Å². The van der Waals surface area contributed by atoms with Crippen molar-refractivity contribution in [2.45, 2.75) is 18.9 Å². The quantitative estimate of drug-likeness (QED) is 0.926. The molecule has 2 atom stereocenters. The van der Waals surface area contributed by atoms with Crippen molar-refractivity contribution in [2.75, 3.05) is 13.2 Å². The van der Waals surface area contributed by atoms with Crippen molar-refractivity contribution in [1.29, 1.82) is 0 Å². The largest absolute Gasteiger partial charge is 0.493 e. The molecule has 1 aliphatic rings. The van der Waals surface area contributed by atoms with Gasteiger partial charge in [0.25, 0.3) is 0 Å². The number of para-hydroxylation sites is 2. The first-order chi connectivity index (χ1) is 9.75. The lowest BCUT2D eigenvalue weighted by atomic mass is 10.0. The van der Waals surface area contributed by atoms with E-state index in [1.54, 1.807) is 0 Å². The van der Waals surface area contributed by atoms with Gasteiger partial charge in [0.2, 0.25) is 0 Å². The van der Waals surface area contributed by atoms with Crippen molar-refractivity contribution in [1.82, 2.24) is 0 Å². The van der Waals surface area contributed by atoms with Crippen LogP contribution in [0, 0.1) is 0 Å². The number of hydrogen-bond acceptors (Lipinski definition) is 3. The van der Waals surface area contributed by atoms with Gasteiger partial charge in [0.1, 0.15) is 11.5 Å². The van der Waals surface area contributed by atoms with Crippen LogP contribution in [0.2, 0.25) is 0 Å². The Labute approximate surface area is 119 Å². The first-order valence-electron chi connectivity index (χ1n) is 6.94. The van der Waals surface area contributed by atoms with Crippen molar-refractivity contribution in [3.05, 3.63) is 59.7 Å². The topological polar surface area (TPSA) is 44.5 Å². The summed E-state index contributed by atoms with van der Waals surface area (Å²) in [5.74, 6) is 2.13. The molecule has 3 rings (SSSR count). The lowest BCUT2D eigenvalue weighted by Gasteiger charge is -2.16. The molecule has 0 saturated heterocycles. The van der Waals surface area contributed by atoms with Gasteiger partial charge in [-0.1, -0.05) is 36.4 Å². The van der Waals surface area contributed by atoms with Gasteiger partial charge < -0.3 is 15.2 Å². The zero-order valence-corrected chi connectivity index (χ0v) is 11.6. The lowest BCUT2D eigenvalue weighted by Crippen LogP contribution is -2.14. The Hall–Kier alpha value is -2.00. The van der Waals surface area contributed by atoms with E-state index in [9.17, 15) is 0 Å². The van der Waals surface area contributed by atoms with Crippen molar-refractivity contribution in [3.63, 3.8) is 0 Å². The minimum Gasteiger partial charge on any atom is -0.493 e. The minimum absolute atomic E-state index is 0.0293. The number of benzene rings is 2. The molecular formula is C17H19NO2. The Morgan fingerprint density at radius 2 is 1.95 bits per heavy atom. The summed E-state index contributed by atoms with van der Waals surface area (Å²) >= 11 is 0. The highest BCUT2D eigenvalue weighted by atomic mass is 16.5. The van der Waals surface area contributed by atoms with Crippen LogP contribution in [0.4, 0.5) is 0 Å². The lowest BCUT2D eigenvalue weighted by molar-refractivity contribution is 0.246. The van der Waals surface area contributed by atoms with E-state index in [0.29, 0.717) is 13.2 Å². The second-order valence-corrected chi connectivity index (χ2v) is 5.18.